The average Bonchev–Trinajstić information content (AvgIpc) is 2.56. The fourth-order valence-corrected chi connectivity index (χ4v) is 1.37. The molecule has 1 heterocycles. The van der Waals surface area contributed by atoms with Gasteiger partial charge in [0.2, 0.25) is 0 Å². The van der Waals surface area contributed by atoms with E-state index >= 15 is 0 Å². The Morgan fingerprint density at radius 3 is 2.71 bits per heavy atom. The molecule has 0 unspecified atom stereocenters. The van der Waals surface area contributed by atoms with Gasteiger partial charge in [-0.2, -0.15) is 0 Å². The maximum absolute atomic E-state index is 13.4. The maximum atomic E-state index is 13.4. The highest BCUT2D eigenvalue weighted by Gasteiger charge is 2.07. The summed E-state index contributed by atoms with van der Waals surface area (Å²) in [6, 6.07) is 4.99. The van der Waals surface area contributed by atoms with Gasteiger partial charge in [0.15, 0.2) is 0 Å². The molecule has 0 bridgehead atoms. The van der Waals surface area contributed by atoms with Crippen molar-refractivity contribution in [2.75, 3.05) is 0 Å². The van der Waals surface area contributed by atoms with Crippen molar-refractivity contribution >= 4 is 0 Å². The zero-order valence-electron chi connectivity index (χ0n) is 8.13. The van der Waals surface area contributed by atoms with Gasteiger partial charge in [-0.1, -0.05) is 11.6 Å². The van der Waals surface area contributed by atoms with E-state index in [1.54, 1.807) is 18.3 Å². The van der Waals surface area contributed by atoms with E-state index in [0.29, 0.717) is 11.4 Å². The molecule has 72 valence electrons. The number of rotatable bonds is 1. The quantitative estimate of drug-likeness (QED) is 0.736. The second kappa shape index (κ2) is 3.25. The number of imidazole rings is 1. The molecule has 0 spiro atoms. The van der Waals surface area contributed by atoms with Crippen LogP contribution in [0.15, 0.2) is 24.4 Å². The second-order valence-corrected chi connectivity index (χ2v) is 3.40. The molecule has 0 aliphatic heterocycles. The lowest BCUT2D eigenvalue weighted by atomic mass is 10.1. The lowest BCUT2D eigenvalue weighted by Crippen LogP contribution is -1.87. The van der Waals surface area contributed by atoms with Crippen molar-refractivity contribution in [2.24, 2.45) is 0 Å². The second-order valence-electron chi connectivity index (χ2n) is 3.40. The Labute approximate surface area is 81.8 Å². The zero-order chi connectivity index (χ0) is 10.1. The van der Waals surface area contributed by atoms with Crippen molar-refractivity contribution in [1.29, 1.82) is 0 Å². The van der Waals surface area contributed by atoms with Crippen LogP contribution in [-0.2, 0) is 0 Å². The summed E-state index contributed by atoms with van der Waals surface area (Å²) in [6.45, 7) is 3.82. The van der Waals surface area contributed by atoms with Crippen LogP contribution < -0.4 is 0 Å². The molecule has 0 amide bonds. The van der Waals surface area contributed by atoms with Crippen molar-refractivity contribution in [3.63, 3.8) is 0 Å². The molecule has 2 rings (SSSR count). The zero-order valence-corrected chi connectivity index (χ0v) is 8.13. The van der Waals surface area contributed by atoms with E-state index < -0.39 is 0 Å². The van der Waals surface area contributed by atoms with Crippen LogP contribution in [0.3, 0.4) is 0 Å². The number of hydrogen-bond acceptors (Lipinski definition) is 1. The van der Waals surface area contributed by atoms with Crippen LogP contribution in [0.25, 0.3) is 11.4 Å². The highest BCUT2D eigenvalue weighted by molar-refractivity contribution is 5.57. The first-order chi connectivity index (χ1) is 6.66. The number of aromatic nitrogens is 2. The van der Waals surface area contributed by atoms with Crippen molar-refractivity contribution in [3.05, 3.63) is 41.5 Å². The Hall–Kier alpha value is -1.64. The molecular formula is C11H11FN2. The molecule has 2 aromatic rings. The molecule has 14 heavy (non-hydrogen) atoms. The van der Waals surface area contributed by atoms with E-state index in [1.165, 1.54) is 6.07 Å². The van der Waals surface area contributed by atoms with E-state index in [0.717, 1.165) is 11.3 Å². The van der Waals surface area contributed by atoms with Gasteiger partial charge in [0, 0.05) is 11.9 Å². The van der Waals surface area contributed by atoms with E-state index in [-0.39, 0.29) is 5.82 Å². The normalized spacial score (nSPS) is 10.5. The van der Waals surface area contributed by atoms with Gasteiger partial charge < -0.3 is 4.98 Å². The number of hydrogen-bond donors (Lipinski definition) is 1. The molecular weight excluding hydrogens is 179 g/mol. The van der Waals surface area contributed by atoms with E-state index in [9.17, 15) is 4.39 Å². The summed E-state index contributed by atoms with van der Waals surface area (Å²) in [7, 11) is 0. The Morgan fingerprint density at radius 1 is 1.29 bits per heavy atom. The SMILES string of the molecule is Cc1ccc(F)c(-c2ncc(C)[nH]2)c1. The minimum Gasteiger partial charge on any atom is -0.342 e. The number of aryl methyl sites for hydroxylation is 2. The molecule has 0 saturated carbocycles. The number of aromatic amines is 1. The van der Waals surface area contributed by atoms with Crippen LogP contribution in [0.1, 0.15) is 11.3 Å². The Kier molecular flexibility index (Phi) is 2.08. The van der Waals surface area contributed by atoms with Gasteiger partial charge in [-0.05, 0) is 26.0 Å². The molecule has 0 aliphatic carbocycles. The van der Waals surface area contributed by atoms with Crippen LogP contribution in [0.5, 0.6) is 0 Å². The molecule has 0 saturated heterocycles. The van der Waals surface area contributed by atoms with Gasteiger partial charge in [0.25, 0.3) is 0 Å². The lowest BCUT2D eigenvalue weighted by molar-refractivity contribution is 0.630. The summed E-state index contributed by atoms with van der Waals surface area (Å²) in [4.78, 5) is 7.10. The topological polar surface area (TPSA) is 28.7 Å². The fourth-order valence-electron chi connectivity index (χ4n) is 1.37. The minimum atomic E-state index is -0.245. The first kappa shape index (κ1) is 8.94. The molecule has 0 radical (unpaired) electrons. The smallest absolute Gasteiger partial charge is 0.140 e. The predicted octanol–water partition coefficient (Wildman–Crippen LogP) is 2.83. The maximum Gasteiger partial charge on any atom is 0.140 e. The summed E-state index contributed by atoms with van der Waals surface area (Å²) in [5, 5.41) is 0. The Morgan fingerprint density at radius 2 is 2.07 bits per heavy atom. The fraction of sp³-hybridized carbons (Fsp3) is 0.182. The highest BCUT2D eigenvalue weighted by Crippen LogP contribution is 2.20. The molecule has 3 heteroatoms. The largest absolute Gasteiger partial charge is 0.342 e. The van der Waals surface area contributed by atoms with Gasteiger partial charge >= 0.3 is 0 Å². The van der Waals surface area contributed by atoms with E-state index in [1.807, 2.05) is 13.8 Å². The Bertz CT molecular complexity index is 460. The third-order valence-electron chi connectivity index (χ3n) is 2.08. The molecule has 0 fully saturated rings. The molecule has 0 aliphatic rings. The summed E-state index contributed by atoms with van der Waals surface area (Å²) in [6.07, 6.45) is 1.69. The number of H-pyrrole nitrogens is 1. The first-order valence-electron chi connectivity index (χ1n) is 4.45. The number of nitrogens with one attached hydrogen (secondary N) is 1. The van der Waals surface area contributed by atoms with E-state index in [2.05, 4.69) is 9.97 Å². The minimum absolute atomic E-state index is 0.245. The summed E-state index contributed by atoms with van der Waals surface area (Å²) in [5.74, 6) is 0.341. The summed E-state index contributed by atoms with van der Waals surface area (Å²) in [5.41, 5.74) is 2.48. The molecule has 1 aromatic carbocycles. The van der Waals surface area contributed by atoms with Crippen LogP contribution >= 0.6 is 0 Å². The van der Waals surface area contributed by atoms with Crippen molar-refractivity contribution in [3.8, 4) is 11.4 Å². The summed E-state index contributed by atoms with van der Waals surface area (Å²) < 4.78 is 13.4. The van der Waals surface area contributed by atoms with Crippen LogP contribution in [0.4, 0.5) is 4.39 Å². The standard InChI is InChI=1S/C11H11FN2/c1-7-3-4-10(12)9(5-7)11-13-6-8(2)14-11/h3-6H,1-2H3,(H,13,14). The highest BCUT2D eigenvalue weighted by atomic mass is 19.1. The molecule has 1 N–H and O–H groups in total. The Balaban J connectivity index is 2.55. The third kappa shape index (κ3) is 1.53. The molecule has 1 aromatic heterocycles. The molecule has 0 atom stereocenters. The lowest BCUT2D eigenvalue weighted by Gasteiger charge is -2.00. The van der Waals surface area contributed by atoms with Crippen LogP contribution in [-0.4, -0.2) is 9.97 Å². The van der Waals surface area contributed by atoms with Gasteiger partial charge in [0.1, 0.15) is 11.6 Å². The van der Waals surface area contributed by atoms with Gasteiger partial charge in [-0.25, -0.2) is 9.37 Å². The average molecular weight is 190 g/mol. The number of nitrogens with zero attached hydrogens (tertiary/aromatic N) is 1. The van der Waals surface area contributed by atoms with Crippen LogP contribution in [0.2, 0.25) is 0 Å². The van der Waals surface area contributed by atoms with Gasteiger partial charge in [0.05, 0.1) is 5.56 Å². The van der Waals surface area contributed by atoms with Gasteiger partial charge in [-0.3, -0.25) is 0 Å². The summed E-state index contributed by atoms with van der Waals surface area (Å²) >= 11 is 0. The van der Waals surface area contributed by atoms with Gasteiger partial charge in [-0.15, -0.1) is 0 Å². The van der Waals surface area contributed by atoms with Crippen LogP contribution in [0, 0.1) is 19.7 Å². The number of halogens is 1. The first-order valence-corrected chi connectivity index (χ1v) is 4.45. The van der Waals surface area contributed by atoms with Crippen molar-refractivity contribution in [1.82, 2.24) is 9.97 Å². The van der Waals surface area contributed by atoms with Crippen molar-refractivity contribution < 1.29 is 4.39 Å². The van der Waals surface area contributed by atoms with E-state index in [4.69, 9.17) is 0 Å². The third-order valence-corrected chi connectivity index (χ3v) is 2.08. The van der Waals surface area contributed by atoms with Crippen molar-refractivity contribution in [2.45, 2.75) is 13.8 Å². The monoisotopic (exact) mass is 190 g/mol. The predicted molar refractivity (Wildman–Crippen MR) is 53.5 cm³/mol. The molecule has 2 nitrogen and oxygen atoms in total. The number of benzene rings is 1.